The Morgan fingerprint density at radius 2 is 1.97 bits per heavy atom. The monoisotopic (exact) mass is 662 g/mol. The lowest BCUT2D eigenvalue weighted by atomic mass is 9.91. The number of carbonyl (C=O) groups excluding carboxylic acids is 2. The van der Waals surface area contributed by atoms with Gasteiger partial charge in [-0.25, -0.2) is 4.79 Å². The van der Waals surface area contributed by atoms with Gasteiger partial charge in [-0.05, 0) is 63.7 Å². The number of alkyl carbamates (subject to hydrolysis) is 1. The number of nitrogens with zero attached hydrogens (tertiary/aromatic N) is 3. The second-order valence-electron chi connectivity index (χ2n) is 9.05. The Hall–Kier alpha value is -1.82. The maximum absolute atomic E-state index is 13.5. The average Bonchev–Trinajstić information content (AvgIpc) is 2.88. The molecular weight excluding hydrogens is 630 g/mol. The van der Waals surface area contributed by atoms with Crippen molar-refractivity contribution in [2.24, 2.45) is 0 Å². The van der Waals surface area contributed by atoms with Gasteiger partial charge >= 0.3 is 6.09 Å². The topological polar surface area (TPSA) is 84.0 Å². The molecule has 1 aliphatic rings. The van der Waals surface area contributed by atoms with E-state index in [0.717, 1.165) is 29.8 Å². The predicted molar refractivity (Wildman–Crippen MR) is 154 cm³/mol. The van der Waals surface area contributed by atoms with Crippen LogP contribution in [0.15, 0.2) is 36.5 Å². The van der Waals surface area contributed by atoms with E-state index in [0.29, 0.717) is 29.7 Å². The Kier molecular flexibility index (Phi) is 11.5. The van der Waals surface area contributed by atoms with Crippen molar-refractivity contribution in [3.05, 3.63) is 57.8 Å². The average molecular weight is 663 g/mol. The SMILES string of the molecule is CCOC(=O)N[C@H](Cc1ccc(Cl)cc1Cl)C(=O)N1CCC(c2ncccc2OC[C@@H](I)N(C)C)CC1. The van der Waals surface area contributed by atoms with Crippen molar-refractivity contribution in [3.8, 4) is 5.75 Å². The molecule has 37 heavy (non-hydrogen) atoms. The van der Waals surface area contributed by atoms with Gasteiger partial charge in [0.25, 0.3) is 0 Å². The Morgan fingerprint density at radius 3 is 2.62 bits per heavy atom. The van der Waals surface area contributed by atoms with Gasteiger partial charge in [0, 0.05) is 41.7 Å². The second-order valence-corrected chi connectivity index (χ2v) is 11.3. The summed E-state index contributed by atoms with van der Waals surface area (Å²) in [5.74, 6) is 0.790. The highest BCUT2D eigenvalue weighted by atomic mass is 127. The Labute approximate surface area is 242 Å². The fourth-order valence-electron chi connectivity index (χ4n) is 4.15. The summed E-state index contributed by atoms with van der Waals surface area (Å²) in [7, 11) is 4.03. The molecule has 2 atom stereocenters. The molecule has 202 valence electrons. The van der Waals surface area contributed by atoms with Gasteiger partial charge in [-0.2, -0.15) is 0 Å². The second kappa shape index (κ2) is 14.4. The number of nitrogens with one attached hydrogen (secondary N) is 1. The summed E-state index contributed by atoms with van der Waals surface area (Å²) in [4.78, 5) is 34.2. The van der Waals surface area contributed by atoms with Gasteiger partial charge in [0.2, 0.25) is 5.91 Å². The van der Waals surface area contributed by atoms with Crippen LogP contribution in [0, 0.1) is 0 Å². The van der Waals surface area contributed by atoms with Crippen molar-refractivity contribution < 1.29 is 19.1 Å². The first-order valence-electron chi connectivity index (χ1n) is 12.2. The van der Waals surface area contributed by atoms with Crippen LogP contribution >= 0.6 is 45.8 Å². The number of hydrogen-bond acceptors (Lipinski definition) is 6. The first-order valence-corrected chi connectivity index (χ1v) is 14.2. The normalized spacial score (nSPS) is 15.8. The third-order valence-electron chi connectivity index (χ3n) is 6.23. The van der Waals surface area contributed by atoms with E-state index in [4.69, 9.17) is 32.7 Å². The Bertz CT molecular complexity index is 1070. The molecule has 8 nitrogen and oxygen atoms in total. The minimum Gasteiger partial charge on any atom is -0.489 e. The molecule has 1 saturated heterocycles. The number of halogens is 3. The smallest absolute Gasteiger partial charge is 0.407 e. The third-order valence-corrected chi connectivity index (χ3v) is 8.30. The van der Waals surface area contributed by atoms with E-state index in [-0.39, 0.29) is 28.9 Å². The van der Waals surface area contributed by atoms with Crippen molar-refractivity contribution >= 4 is 57.8 Å². The van der Waals surface area contributed by atoms with E-state index < -0.39 is 12.1 Å². The van der Waals surface area contributed by atoms with Crippen LogP contribution in [-0.4, -0.2) is 77.3 Å². The van der Waals surface area contributed by atoms with Crippen LogP contribution in [0.4, 0.5) is 4.79 Å². The third kappa shape index (κ3) is 8.59. The van der Waals surface area contributed by atoms with E-state index >= 15 is 0 Å². The van der Waals surface area contributed by atoms with E-state index in [1.54, 1.807) is 36.2 Å². The number of likely N-dealkylation sites (tertiary alicyclic amines) is 1. The molecule has 2 amide bonds. The zero-order valence-corrected chi connectivity index (χ0v) is 24.9. The number of aromatic nitrogens is 1. The summed E-state index contributed by atoms with van der Waals surface area (Å²) < 4.78 is 11.4. The molecular formula is C26H33Cl2IN4O4. The first-order chi connectivity index (χ1) is 17.7. The molecule has 1 aromatic carbocycles. The van der Waals surface area contributed by atoms with Gasteiger partial charge in [-0.3, -0.25) is 14.7 Å². The van der Waals surface area contributed by atoms with Gasteiger partial charge in [0.1, 0.15) is 18.4 Å². The number of rotatable bonds is 10. The Balaban J connectivity index is 1.68. The van der Waals surface area contributed by atoms with Crippen LogP contribution in [0.25, 0.3) is 0 Å². The van der Waals surface area contributed by atoms with Gasteiger partial charge < -0.3 is 19.7 Å². The van der Waals surface area contributed by atoms with Gasteiger partial charge in [-0.15, -0.1) is 0 Å². The maximum Gasteiger partial charge on any atom is 0.407 e. The van der Waals surface area contributed by atoms with Gasteiger partial charge in [0.05, 0.1) is 16.3 Å². The van der Waals surface area contributed by atoms with Crippen LogP contribution in [0.2, 0.25) is 10.0 Å². The molecule has 1 fully saturated rings. The van der Waals surface area contributed by atoms with Crippen molar-refractivity contribution in [1.29, 1.82) is 0 Å². The standard InChI is InChI=1S/C26H33Cl2IN4O4/c1-4-36-26(35)31-21(14-18-7-8-19(27)15-20(18)28)25(34)33-12-9-17(10-13-33)24-22(6-5-11-30-24)37-16-23(29)32(2)3/h5-8,11,15,17,21,23H,4,9-10,12-14,16H2,1-3H3,(H,31,35)/t21-,23+/m1/s1. The van der Waals surface area contributed by atoms with Crippen molar-refractivity contribution in [3.63, 3.8) is 0 Å². The number of carbonyl (C=O) groups is 2. The van der Waals surface area contributed by atoms with E-state index in [2.05, 4.69) is 37.8 Å². The molecule has 0 unspecified atom stereocenters. The highest BCUT2D eigenvalue weighted by Gasteiger charge is 2.32. The van der Waals surface area contributed by atoms with E-state index in [1.165, 1.54) is 0 Å². The van der Waals surface area contributed by atoms with Crippen LogP contribution in [0.3, 0.4) is 0 Å². The summed E-state index contributed by atoms with van der Waals surface area (Å²) in [6.45, 7) is 3.57. The number of amides is 2. The van der Waals surface area contributed by atoms with Crippen LogP contribution in [0.5, 0.6) is 5.75 Å². The summed E-state index contributed by atoms with van der Waals surface area (Å²) in [5.41, 5.74) is 1.64. The van der Waals surface area contributed by atoms with E-state index in [9.17, 15) is 9.59 Å². The molecule has 3 rings (SSSR count). The molecule has 1 N–H and O–H groups in total. The fourth-order valence-corrected chi connectivity index (χ4v) is 4.82. The number of ether oxygens (including phenoxy) is 2. The van der Waals surface area contributed by atoms with Crippen LogP contribution in [0.1, 0.15) is 36.9 Å². The molecule has 11 heteroatoms. The number of hydrogen-bond donors (Lipinski definition) is 1. The quantitative estimate of drug-likeness (QED) is 0.215. The molecule has 1 aliphatic heterocycles. The maximum atomic E-state index is 13.5. The highest BCUT2D eigenvalue weighted by molar-refractivity contribution is 14.1. The summed E-state index contributed by atoms with van der Waals surface area (Å²) in [5, 5.41) is 3.66. The van der Waals surface area contributed by atoms with E-state index in [1.807, 2.05) is 26.2 Å². The minimum atomic E-state index is -0.811. The molecule has 0 aliphatic carbocycles. The van der Waals surface area contributed by atoms with Crippen LogP contribution in [-0.2, 0) is 16.0 Å². The molecule has 0 bridgehead atoms. The summed E-state index contributed by atoms with van der Waals surface area (Å²) in [6.07, 6.45) is 2.86. The van der Waals surface area contributed by atoms with Crippen molar-refractivity contribution in [2.75, 3.05) is 40.4 Å². The summed E-state index contributed by atoms with van der Waals surface area (Å²) in [6, 6.07) is 8.13. The zero-order chi connectivity index (χ0) is 26.9. The molecule has 0 saturated carbocycles. The van der Waals surface area contributed by atoms with Crippen molar-refractivity contribution in [2.45, 2.75) is 42.2 Å². The molecule has 0 spiro atoms. The fraction of sp³-hybridized carbons (Fsp3) is 0.500. The molecule has 2 heterocycles. The number of benzene rings is 1. The predicted octanol–water partition coefficient (Wildman–Crippen LogP) is 5.15. The molecule has 1 aromatic heterocycles. The molecule has 2 aromatic rings. The van der Waals surface area contributed by atoms with Crippen LogP contribution < -0.4 is 10.1 Å². The minimum absolute atomic E-state index is 0.172. The largest absolute Gasteiger partial charge is 0.489 e. The summed E-state index contributed by atoms with van der Waals surface area (Å²) >= 11 is 14.7. The Morgan fingerprint density at radius 1 is 1.24 bits per heavy atom. The lowest BCUT2D eigenvalue weighted by Gasteiger charge is -2.34. The highest BCUT2D eigenvalue weighted by Crippen LogP contribution is 2.33. The van der Waals surface area contributed by atoms with Crippen molar-refractivity contribution in [1.82, 2.24) is 20.1 Å². The lowest BCUT2D eigenvalue weighted by Crippen LogP contribution is -2.51. The van der Waals surface area contributed by atoms with Gasteiger partial charge in [0.15, 0.2) is 0 Å². The van der Waals surface area contributed by atoms with Gasteiger partial charge in [-0.1, -0.05) is 51.9 Å². The number of piperidine rings is 1. The number of alkyl halides is 1. The molecule has 0 radical (unpaired) electrons. The lowest BCUT2D eigenvalue weighted by molar-refractivity contribution is -0.134. The number of likely N-dealkylation sites (N-methyl/N-ethyl adjacent to an activating group) is 1. The first kappa shape index (κ1) is 29.7. The zero-order valence-electron chi connectivity index (χ0n) is 21.3. The number of pyridine rings is 1.